The lowest BCUT2D eigenvalue weighted by Crippen LogP contribution is -2.38. The summed E-state index contributed by atoms with van der Waals surface area (Å²) < 4.78 is 26.3. The quantitative estimate of drug-likeness (QED) is 0.843. The molecule has 2 rings (SSSR count). The average Bonchev–Trinajstić information content (AvgIpc) is 2.71. The topological polar surface area (TPSA) is 29.1 Å². The van der Waals surface area contributed by atoms with E-state index in [2.05, 4.69) is 5.32 Å². The number of hydrogen-bond acceptors (Lipinski definition) is 1. The number of hydrogen-bond donors (Lipinski definition) is 1. The highest BCUT2D eigenvalue weighted by atomic mass is 35.5. The number of halogens is 3. The van der Waals surface area contributed by atoms with Gasteiger partial charge < -0.3 is 5.32 Å². The standard InChI is InChI=1S/C13H14ClF2NO/c14-9-4-2-6-11(9)17-12(18)7-8-3-1-5-10(15)13(8)16/h1,3,5,9,11H,2,4,6-7H2,(H,17,18). The van der Waals surface area contributed by atoms with E-state index < -0.39 is 11.6 Å². The molecule has 5 heteroatoms. The predicted molar refractivity (Wildman–Crippen MR) is 65.5 cm³/mol. The summed E-state index contributed by atoms with van der Waals surface area (Å²) in [6.45, 7) is 0. The third-order valence-corrected chi connectivity index (χ3v) is 3.68. The van der Waals surface area contributed by atoms with Crippen molar-refractivity contribution < 1.29 is 13.6 Å². The molecule has 18 heavy (non-hydrogen) atoms. The van der Waals surface area contributed by atoms with Crippen LogP contribution >= 0.6 is 11.6 Å². The number of amides is 1. The van der Waals surface area contributed by atoms with Gasteiger partial charge in [-0.2, -0.15) is 0 Å². The van der Waals surface area contributed by atoms with Gasteiger partial charge in [0.2, 0.25) is 5.91 Å². The van der Waals surface area contributed by atoms with Gasteiger partial charge in [0.25, 0.3) is 0 Å². The van der Waals surface area contributed by atoms with E-state index in [0.717, 1.165) is 25.3 Å². The van der Waals surface area contributed by atoms with E-state index in [1.807, 2.05) is 0 Å². The fraction of sp³-hybridized carbons (Fsp3) is 0.462. The minimum Gasteiger partial charge on any atom is -0.352 e. The zero-order chi connectivity index (χ0) is 13.1. The van der Waals surface area contributed by atoms with Crippen molar-refractivity contribution in [2.45, 2.75) is 37.1 Å². The molecule has 0 bridgehead atoms. The highest BCUT2D eigenvalue weighted by molar-refractivity contribution is 6.21. The Kier molecular flexibility index (Phi) is 4.17. The second-order valence-corrected chi connectivity index (χ2v) is 5.07. The van der Waals surface area contributed by atoms with E-state index >= 15 is 0 Å². The monoisotopic (exact) mass is 273 g/mol. The number of rotatable bonds is 3. The van der Waals surface area contributed by atoms with Gasteiger partial charge in [-0.3, -0.25) is 4.79 Å². The average molecular weight is 274 g/mol. The van der Waals surface area contributed by atoms with Gasteiger partial charge in [0.15, 0.2) is 11.6 Å². The van der Waals surface area contributed by atoms with Crippen molar-refractivity contribution >= 4 is 17.5 Å². The molecule has 2 atom stereocenters. The second kappa shape index (κ2) is 5.65. The molecule has 1 fully saturated rings. The highest BCUT2D eigenvalue weighted by Crippen LogP contribution is 2.24. The SMILES string of the molecule is O=C(Cc1cccc(F)c1F)NC1CCCC1Cl. The van der Waals surface area contributed by atoms with Crippen LogP contribution in [0.1, 0.15) is 24.8 Å². The molecule has 0 radical (unpaired) electrons. The minimum absolute atomic E-state index is 0.0595. The summed E-state index contributed by atoms with van der Waals surface area (Å²) in [4.78, 5) is 11.7. The molecule has 0 heterocycles. The second-order valence-electron chi connectivity index (χ2n) is 4.51. The van der Waals surface area contributed by atoms with Crippen LogP contribution in [0, 0.1) is 11.6 Å². The van der Waals surface area contributed by atoms with Gasteiger partial charge in [-0.1, -0.05) is 12.1 Å². The smallest absolute Gasteiger partial charge is 0.224 e. The first-order valence-corrected chi connectivity index (χ1v) is 6.38. The van der Waals surface area contributed by atoms with Gasteiger partial charge in [0.1, 0.15) is 0 Å². The van der Waals surface area contributed by atoms with Crippen LogP contribution in [0.25, 0.3) is 0 Å². The molecule has 2 nitrogen and oxygen atoms in total. The van der Waals surface area contributed by atoms with Gasteiger partial charge in [-0.15, -0.1) is 11.6 Å². The molecule has 1 aromatic rings. The number of carbonyl (C=O) groups excluding carboxylic acids is 1. The molecule has 1 aromatic carbocycles. The van der Waals surface area contributed by atoms with Crippen molar-refractivity contribution in [3.8, 4) is 0 Å². The summed E-state index contributed by atoms with van der Waals surface area (Å²) >= 11 is 6.03. The summed E-state index contributed by atoms with van der Waals surface area (Å²) in [5, 5.41) is 2.70. The summed E-state index contributed by atoms with van der Waals surface area (Å²) in [6.07, 6.45) is 2.53. The van der Waals surface area contributed by atoms with E-state index in [4.69, 9.17) is 11.6 Å². The summed E-state index contributed by atoms with van der Waals surface area (Å²) in [5.74, 6) is -2.21. The number of nitrogens with one attached hydrogen (secondary N) is 1. The van der Waals surface area contributed by atoms with Gasteiger partial charge in [0.05, 0.1) is 11.8 Å². The lowest BCUT2D eigenvalue weighted by atomic mass is 10.1. The zero-order valence-electron chi connectivity index (χ0n) is 9.76. The Morgan fingerprint density at radius 1 is 1.39 bits per heavy atom. The third kappa shape index (κ3) is 2.99. The van der Waals surface area contributed by atoms with Crippen LogP contribution in [0.15, 0.2) is 18.2 Å². The van der Waals surface area contributed by atoms with Crippen LogP contribution in [0.3, 0.4) is 0 Å². The van der Waals surface area contributed by atoms with Crippen molar-refractivity contribution in [2.75, 3.05) is 0 Å². The molecule has 1 amide bonds. The molecule has 0 aromatic heterocycles. The Balaban J connectivity index is 1.97. The molecule has 1 saturated carbocycles. The summed E-state index contributed by atoms with van der Waals surface area (Å²) in [5.41, 5.74) is 0.0663. The normalized spacial score (nSPS) is 23.1. The first kappa shape index (κ1) is 13.3. The van der Waals surface area contributed by atoms with Crippen molar-refractivity contribution in [1.82, 2.24) is 5.32 Å². The first-order valence-electron chi connectivity index (χ1n) is 5.94. The number of benzene rings is 1. The van der Waals surface area contributed by atoms with Crippen LogP contribution in [0.5, 0.6) is 0 Å². The fourth-order valence-electron chi connectivity index (χ4n) is 2.19. The van der Waals surface area contributed by atoms with Crippen LogP contribution < -0.4 is 5.32 Å². The third-order valence-electron chi connectivity index (χ3n) is 3.16. The van der Waals surface area contributed by atoms with E-state index in [0.29, 0.717) is 0 Å². The molecular formula is C13H14ClF2NO. The molecule has 98 valence electrons. The van der Waals surface area contributed by atoms with Gasteiger partial charge >= 0.3 is 0 Å². The molecule has 0 aliphatic heterocycles. The Morgan fingerprint density at radius 2 is 2.17 bits per heavy atom. The molecule has 0 spiro atoms. The van der Waals surface area contributed by atoms with E-state index in [-0.39, 0.29) is 29.3 Å². The molecule has 0 saturated heterocycles. The van der Waals surface area contributed by atoms with E-state index in [1.165, 1.54) is 12.1 Å². The largest absolute Gasteiger partial charge is 0.352 e. The maximum atomic E-state index is 13.4. The fourth-order valence-corrected chi connectivity index (χ4v) is 2.54. The molecule has 1 N–H and O–H groups in total. The van der Waals surface area contributed by atoms with Crippen LogP contribution in [-0.4, -0.2) is 17.3 Å². The Bertz CT molecular complexity index is 453. The highest BCUT2D eigenvalue weighted by Gasteiger charge is 2.26. The van der Waals surface area contributed by atoms with Gasteiger partial charge in [0, 0.05) is 11.6 Å². The summed E-state index contributed by atoms with van der Waals surface area (Å²) in [6, 6.07) is 3.77. The first-order chi connectivity index (χ1) is 8.58. The zero-order valence-corrected chi connectivity index (χ0v) is 10.5. The van der Waals surface area contributed by atoms with E-state index in [1.54, 1.807) is 0 Å². The molecule has 1 aliphatic carbocycles. The number of alkyl halides is 1. The lowest BCUT2D eigenvalue weighted by molar-refractivity contribution is -0.121. The molecule has 1 aliphatic rings. The summed E-state index contributed by atoms with van der Waals surface area (Å²) in [7, 11) is 0. The van der Waals surface area contributed by atoms with Crippen molar-refractivity contribution in [1.29, 1.82) is 0 Å². The molecule has 2 unspecified atom stereocenters. The molecular weight excluding hydrogens is 260 g/mol. The van der Waals surface area contributed by atoms with Crippen molar-refractivity contribution in [2.24, 2.45) is 0 Å². The number of carbonyl (C=O) groups is 1. The Hall–Kier alpha value is -1.16. The van der Waals surface area contributed by atoms with Crippen LogP contribution in [0.4, 0.5) is 8.78 Å². The lowest BCUT2D eigenvalue weighted by Gasteiger charge is -2.15. The predicted octanol–water partition coefficient (Wildman–Crippen LogP) is 2.78. The van der Waals surface area contributed by atoms with Crippen molar-refractivity contribution in [3.63, 3.8) is 0 Å². The minimum atomic E-state index is -0.957. The van der Waals surface area contributed by atoms with E-state index in [9.17, 15) is 13.6 Å². The maximum absolute atomic E-state index is 13.4. The van der Waals surface area contributed by atoms with Crippen molar-refractivity contribution in [3.05, 3.63) is 35.4 Å². The van der Waals surface area contributed by atoms with Crippen LogP contribution in [-0.2, 0) is 11.2 Å². The Morgan fingerprint density at radius 3 is 2.83 bits per heavy atom. The van der Waals surface area contributed by atoms with Gasteiger partial charge in [-0.05, 0) is 25.3 Å². The van der Waals surface area contributed by atoms with Gasteiger partial charge in [-0.25, -0.2) is 8.78 Å². The maximum Gasteiger partial charge on any atom is 0.224 e. The van der Waals surface area contributed by atoms with Crippen LogP contribution in [0.2, 0.25) is 0 Å². The Labute approximate surface area is 109 Å².